The standard InChI is InChI=1S/C17H20N2O5/c1-9-16(22)13(12(7-18-9)10(2)20)8-19-17(23)11-4-5-14(21)15(6-11)24-3/h4-7,10,20-22H,8H2,1-3H3,(H,19,23). The summed E-state index contributed by atoms with van der Waals surface area (Å²) in [6.07, 6.45) is 0.648. The molecule has 1 aromatic heterocycles. The van der Waals surface area contributed by atoms with Crippen LogP contribution in [0.2, 0.25) is 0 Å². The minimum atomic E-state index is -0.829. The lowest BCUT2D eigenvalue weighted by Crippen LogP contribution is -2.24. The third-order valence-corrected chi connectivity index (χ3v) is 3.69. The van der Waals surface area contributed by atoms with E-state index in [1.807, 2.05) is 0 Å². The first-order chi connectivity index (χ1) is 11.3. The minimum absolute atomic E-state index is 0.0252. The number of carbonyl (C=O) groups excluding carboxylic acids is 1. The predicted molar refractivity (Wildman–Crippen MR) is 87.1 cm³/mol. The van der Waals surface area contributed by atoms with Crippen molar-refractivity contribution in [3.63, 3.8) is 0 Å². The molecule has 0 spiro atoms. The van der Waals surface area contributed by atoms with Gasteiger partial charge in [-0.05, 0) is 32.0 Å². The number of hydrogen-bond acceptors (Lipinski definition) is 6. The topological polar surface area (TPSA) is 112 Å². The molecule has 7 nitrogen and oxygen atoms in total. The fourth-order valence-electron chi connectivity index (χ4n) is 2.30. The van der Waals surface area contributed by atoms with E-state index in [0.717, 1.165) is 0 Å². The summed E-state index contributed by atoms with van der Waals surface area (Å²) < 4.78 is 4.97. The highest BCUT2D eigenvalue weighted by atomic mass is 16.5. The molecule has 0 bridgehead atoms. The number of carbonyl (C=O) groups is 1. The van der Waals surface area contributed by atoms with Gasteiger partial charge in [0.15, 0.2) is 11.5 Å². The largest absolute Gasteiger partial charge is 0.506 e. The van der Waals surface area contributed by atoms with E-state index in [2.05, 4.69) is 10.3 Å². The van der Waals surface area contributed by atoms with Crippen LogP contribution >= 0.6 is 0 Å². The Balaban J connectivity index is 2.22. The molecule has 0 fully saturated rings. The number of nitrogens with one attached hydrogen (secondary N) is 1. The molecule has 1 aromatic carbocycles. The Hall–Kier alpha value is -2.80. The fourth-order valence-corrected chi connectivity index (χ4v) is 2.30. The van der Waals surface area contributed by atoms with E-state index in [1.165, 1.54) is 31.5 Å². The number of benzene rings is 1. The van der Waals surface area contributed by atoms with Crippen LogP contribution in [0.4, 0.5) is 0 Å². The van der Waals surface area contributed by atoms with Gasteiger partial charge in [0.1, 0.15) is 5.75 Å². The summed E-state index contributed by atoms with van der Waals surface area (Å²) in [6, 6.07) is 4.24. The van der Waals surface area contributed by atoms with Crippen LogP contribution in [0.15, 0.2) is 24.4 Å². The van der Waals surface area contributed by atoms with Crippen molar-refractivity contribution < 1.29 is 24.9 Å². The Morgan fingerprint density at radius 3 is 2.71 bits per heavy atom. The predicted octanol–water partition coefficient (Wildman–Crippen LogP) is 1.79. The van der Waals surface area contributed by atoms with E-state index in [1.54, 1.807) is 13.8 Å². The quantitative estimate of drug-likeness (QED) is 0.664. The number of phenolic OH excluding ortho intramolecular Hbond substituents is 1. The van der Waals surface area contributed by atoms with Crippen LogP contribution in [-0.2, 0) is 6.54 Å². The van der Waals surface area contributed by atoms with Gasteiger partial charge in [-0.15, -0.1) is 0 Å². The number of methoxy groups -OCH3 is 1. The number of pyridine rings is 1. The molecule has 0 aliphatic carbocycles. The summed E-state index contributed by atoms with van der Waals surface area (Å²) in [6.45, 7) is 3.22. The van der Waals surface area contributed by atoms with Gasteiger partial charge in [0.2, 0.25) is 0 Å². The Morgan fingerprint density at radius 1 is 1.38 bits per heavy atom. The molecule has 0 aliphatic heterocycles. The zero-order valence-corrected chi connectivity index (χ0v) is 13.7. The van der Waals surface area contributed by atoms with Crippen molar-refractivity contribution in [2.45, 2.75) is 26.5 Å². The first-order valence-electron chi connectivity index (χ1n) is 7.35. The van der Waals surface area contributed by atoms with Crippen molar-refractivity contribution in [2.75, 3.05) is 7.11 Å². The zero-order chi connectivity index (χ0) is 17.9. The molecule has 2 rings (SSSR count). The van der Waals surface area contributed by atoms with E-state index in [9.17, 15) is 20.1 Å². The second kappa shape index (κ2) is 7.18. The molecule has 1 heterocycles. The third kappa shape index (κ3) is 3.57. The lowest BCUT2D eigenvalue weighted by atomic mass is 10.0. The first-order valence-corrected chi connectivity index (χ1v) is 7.35. The summed E-state index contributed by atoms with van der Waals surface area (Å²) in [5, 5.41) is 32.2. The van der Waals surface area contributed by atoms with Crippen molar-refractivity contribution in [2.24, 2.45) is 0 Å². The van der Waals surface area contributed by atoms with Crippen LogP contribution in [0.25, 0.3) is 0 Å². The molecule has 1 atom stereocenters. The Kier molecular flexibility index (Phi) is 5.25. The third-order valence-electron chi connectivity index (χ3n) is 3.69. The van der Waals surface area contributed by atoms with Crippen LogP contribution in [0.1, 0.15) is 40.2 Å². The molecule has 0 radical (unpaired) electrons. The van der Waals surface area contributed by atoms with Gasteiger partial charge < -0.3 is 25.4 Å². The number of aryl methyl sites for hydroxylation is 1. The summed E-state index contributed by atoms with van der Waals surface area (Å²) in [5.74, 6) is -0.335. The number of aliphatic hydroxyl groups excluding tert-OH is 1. The number of aromatic hydroxyl groups is 2. The van der Waals surface area contributed by atoms with Crippen LogP contribution in [0.3, 0.4) is 0 Å². The Labute approximate surface area is 139 Å². The van der Waals surface area contributed by atoms with Gasteiger partial charge in [-0.3, -0.25) is 9.78 Å². The van der Waals surface area contributed by atoms with Crippen molar-refractivity contribution in [1.82, 2.24) is 10.3 Å². The SMILES string of the molecule is COc1cc(C(=O)NCc2c(C(C)O)cnc(C)c2O)ccc1O. The summed E-state index contributed by atoms with van der Waals surface area (Å²) >= 11 is 0. The monoisotopic (exact) mass is 332 g/mol. The van der Waals surface area contributed by atoms with Gasteiger partial charge in [0.25, 0.3) is 5.91 Å². The second-order valence-electron chi connectivity index (χ2n) is 5.37. The van der Waals surface area contributed by atoms with Crippen molar-refractivity contribution in [1.29, 1.82) is 0 Å². The number of ether oxygens (including phenoxy) is 1. The van der Waals surface area contributed by atoms with E-state index in [4.69, 9.17) is 4.74 Å². The maximum absolute atomic E-state index is 12.3. The highest BCUT2D eigenvalue weighted by molar-refractivity contribution is 5.94. The maximum atomic E-state index is 12.3. The van der Waals surface area contributed by atoms with Crippen molar-refractivity contribution in [3.8, 4) is 17.2 Å². The second-order valence-corrected chi connectivity index (χ2v) is 5.37. The van der Waals surface area contributed by atoms with E-state index < -0.39 is 12.0 Å². The molecule has 0 aliphatic rings. The lowest BCUT2D eigenvalue weighted by molar-refractivity contribution is 0.0949. The molecule has 4 N–H and O–H groups in total. The summed E-state index contributed by atoms with van der Waals surface area (Å²) in [5.41, 5.74) is 1.57. The fraction of sp³-hybridized carbons (Fsp3) is 0.294. The van der Waals surface area contributed by atoms with Gasteiger partial charge in [0, 0.05) is 29.4 Å². The summed E-state index contributed by atoms with van der Waals surface area (Å²) in [7, 11) is 1.39. The zero-order valence-electron chi connectivity index (χ0n) is 13.7. The molecule has 7 heteroatoms. The number of phenols is 1. The summed E-state index contributed by atoms with van der Waals surface area (Å²) in [4.78, 5) is 16.3. The number of rotatable bonds is 5. The highest BCUT2D eigenvalue weighted by Crippen LogP contribution is 2.28. The minimum Gasteiger partial charge on any atom is -0.506 e. The number of nitrogens with zero attached hydrogens (tertiary/aromatic N) is 1. The van der Waals surface area contributed by atoms with E-state index in [-0.39, 0.29) is 23.8 Å². The van der Waals surface area contributed by atoms with Gasteiger partial charge in [-0.1, -0.05) is 0 Å². The lowest BCUT2D eigenvalue weighted by Gasteiger charge is -2.15. The van der Waals surface area contributed by atoms with Gasteiger partial charge in [0.05, 0.1) is 18.9 Å². The van der Waals surface area contributed by atoms with Crippen LogP contribution in [0, 0.1) is 6.92 Å². The van der Waals surface area contributed by atoms with Crippen molar-refractivity contribution >= 4 is 5.91 Å². The van der Waals surface area contributed by atoms with Gasteiger partial charge in [-0.25, -0.2) is 0 Å². The van der Waals surface area contributed by atoms with E-state index in [0.29, 0.717) is 22.4 Å². The first kappa shape index (κ1) is 17.6. The Bertz CT molecular complexity index is 759. The molecule has 2 aromatic rings. The average molecular weight is 332 g/mol. The number of aliphatic hydroxyl groups is 1. The van der Waals surface area contributed by atoms with Gasteiger partial charge in [-0.2, -0.15) is 0 Å². The van der Waals surface area contributed by atoms with Crippen molar-refractivity contribution in [3.05, 3.63) is 46.8 Å². The average Bonchev–Trinajstić information content (AvgIpc) is 2.55. The number of hydrogen-bond donors (Lipinski definition) is 4. The maximum Gasteiger partial charge on any atom is 0.251 e. The Morgan fingerprint density at radius 2 is 2.08 bits per heavy atom. The molecular weight excluding hydrogens is 312 g/mol. The van der Waals surface area contributed by atoms with Crippen LogP contribution < -0.4 is 10.1 Å². The van der Waals surface area contributed by atoms with Crippen LogP contribution in [0.5, 0.6) is 17.2 Å². The molecule has 0 saturated heterocycles. The smallest absolute Gasteiger partial charge is 0.251 e. The molecule has 0 saturated carbocycles. The van der Waals surface area contributed by atoms with E-state index >= 15 is 0 Å². The van der Waals surface area contributed by atoms with Crippen LogP contribution in [-0.4, -0.2) is 33.3 Å². The molecule has 1 unspecified atom stereocenters. The number of amides is 1. The molecule has 24 heavy (non-hydrogen) atoms. The normalized spacial score (nSPS) is 11.8. The molecule has 128 valence electrons. The highest BCUT2D eigenvalue weighted by Gasteiger charge is 2.17. The van der Waals surface area contributed by atoms with Gasteiger partial charge >= 0.3 is 0 Å². The molecule has 1 amide bonds. The number of aromatic nitrogens is 1. The molecular formula is C17H20N2O5.